The third kappa shape index (κ3) is 2.51. The van der Waals surface area contributed by atoms with Crippen molar-refractivity contribution in [3.63, 3.8) is 0 Å². The molecule has 0 aromatic heterocycles. The van der Waals surface area contributed by atoms with E-state index in [-0.39, 0.29) is 35.7 Å². The molecular formula is C12H20N4O6. The van der Waals surface area contributed by atoms with Crippen LogP contribution in [0.4, 0.5) is 0 Å². The number of nitrogens with zero attached hydrogens (tertiary/aromatic N) is 4. The largest absolute Gasteiger partial charge is 0.698 e. The summed E-state index contributed by atoms with van der Waals surface area (Å²) >= 11 is 0. The van der Waals surface area contributed by atoms with E-state index < -0.39 is 21.2 Å². The molecule has 0 spiro atoms. The summed E-state index contributed by atoms with van der Waals surface area (Å²) in [5.41, 5.74) is -4.14. The van der Waals surface area contributed by atoms with Gasteiger partial charge < -0.3 is 5.21 Å². The highest BCUT2D eigenvalue weighted by atomic mass is 16.7. The predicted octanol–water partition coefficient (Wildman–Crippen LogP) is 2.35. The zero-order chi connectivity index (χ0) is 16.4. The van der Waals surface area contributed by atoms with Gasteiger partial charge in [-0.15, -0.1) is 5.17 Å². The van der Waals surface area contributed by atoms with Gasteiger partial charge in [0.15, 0.2) is 4.87 Å². The van der Waals surface area contributed by atoms with Crippen LogP contribution in [-0.2, 0) is 0 Å². The predicted molar refractivity (Wildman–Crippen MR) is 74.5 cm³/mol. The van der Waals surface area contributed by atoms with E-state index in [9.17, 15) is 30.3 Å². The van der Waals surface area contributed by atoms with Crippen molar-refractivity contribution in [2.75, 3.05) is 0 Å². The molecule has 10 nitrogen and oxygen atoms in total. The summed E-state index contributed by atoms with van der Waals surface area (Å²) < 4.78 is 0. The van der Waals surface area contributed by atoms with E-state index in [0.29, 0.717) is 25.7 Å². The summed E-state index contributed by atoms with van der Waals surface area (Å²) in [4.78, 5) is 33.5. The summed E-state index contributed by atoms with van der Waals surface area (Å²) in [5.74, 6) is 0. The molecule has 2 aliphatic carbocycles. The molecule has 0 aliphatic heterocycles. The molecule has 2 fully saturated rings. The van der Waals surface area contributed by atoms with Crippen molar-refractivity contribution >= 4 is 0 Å². The van der Waals surface area contributed by atoms with Crippen LogP contribution >= 0.6 is 0 Å². The summed E-state index contributed by atoms with van der Waals surface area (Å²) in [6, 6.07) is 0. The minimum absolute atomic E-state index is 0.0595. The Labute approximate surface area is 126 Å². The van der Waals surface area contributed by atoms with Crippen molar-refractivity contribution < 1.29 is 14.7 Å². The second-order valence-corrected chi connectivity index (χ2v) is 6.15. The molecule has 10 heteroatoms. The van der Waals surface area contributed by atoms with E-state index in [1.54, 1.807) is 0 Å². The summed E-state index contributed by atoms with van der Waals surface area (Å²) in [6.45, 7) is 0. The van der Waals surface area contributed by atoms with Gasteiger partial charge in [0.25, 0.3) is 0 Å². The normalized spacial score (nSPS) is 23.5. The van der Waals surface area contributed by atoms with Crippen molar-refractivity contribution in [2.24, 2.45) is 0 Å². The van der Waals surface area contributed by atoms with Crippen LogP contribution in [0.15, 0.2) is 0 Å². The van der Waals surface area contributed by atoms with Crippen LogP contribution < -0.4 is 0 Å². The van der Waals surface area contributed by atoms with Crippen LogP contribution in [0.1, 0.15) is 64.2 Å². The zero-order valence-electron chi connectivity index (χ0n) is 12.3. The van der Waals surface area contributed by atoms with Crippen molar-refractivity contribution in [1.82, 2.24) is 5.17 Å². The number of nitroso groups, excluding NO2 is 1. The molecule has 0 atom stereocenters. The molecule has 0 saturated heterocycles. The minimum atomic E-state index is -2.07. The van der Waals surface area contributed by atoms with Gasteiger partial charge in [0, 0.05) is 12.8 Å². The molecule has 2 saturated carbocycles. The van der Waals surface area contributed by atoms with E-state index in [1.165, 1.54) is 0 Å². The van der Waals surface area contributed by atoms with Crippen LogP contribution in [0, 0.1) is 30.3 Å². The highest BCUT2D eigenvalue weighted by molar-refractivity contribution is 4.82. The lowest BCUT2D eigenvalue weighted by Crippen LogP contribution is -2.63. The van der Waals surface area contributed by atoms with Gasteiger partial charge in [-0.2, -0.15) is 0 Å². The first-order chi connectivity index (χ1) is 10.4. The van der Waals surface area contributed by atoms with Crippen LogP contribution in [0.3, 0.4) is 0 Å². The van der Waals surface area contributed by atoms with Gasteiger partial charge >= 0.3 is 11.3 Å². The Morgan fingerprint density at radius 3 is 1.59 bits per heavy atom. The second-order valence-electron chi connectivity index (χ2n) is 6.15. The van der Waals surface area contributed by atoms with E-state index in [4.69, 9.17) is 0 Å². The Morgan fingerprint density at radius 1 is 0.727 bits per heavy atom. The van der Waals surface area contributed by atoms with Gasteiger partial charge in [0.1, 0.15) is 4.92 Å². The highest BCUT2D eigenvalue weighted by Crippen LogP contribution is 2.38. The summed E-state index contributed by atoms with van der Waals surface area (Å²) in [6.07, 6.45) is 3.10. The van der Waals surface area contributed by atoms with Crippen molar-refractivity contribution in [2.45, 2.75) is 75.5 Å². The number of rotatable bonds is 5. The lowest BCUT2D eigenvalue weighted by atomic mass is 9.88. The number of hydroxylamine groups is 1. The first-order valence-corrected chi connectivity index (χ1v) is 7.60. The number of hydrogen-bond donors (Lipinski definition) is 0. The first-order valence-electron chi connectivity index (χ1n) is 7.60. The SMILES string of the molecule is O=[N+]([O-])C1(N([O-])[N+](=O)C2([N+](=O)[O-])CCCCC2)CCCCC1. The molecule has 22 heavy (non-hydrogen) atoms. The fraction of sp³-hybridized carbons (Fsp3) is 1.00. The number of hydrogen-bond acceptors (Lipinski definition) is 6. The third-order valence-corrected chi connectivity index (χ3v) is 4.87. The Hall–Kier alpha value is -1.84. The smallest absolute Gasteiger partial charge is 0.477 e. The first kappa shape index (κ1) is 16.5. The molecule has 0 N–H and O–H groups in total. The van der Waals surface area contributed by atoms with E-state index in [1.807, 2.05) is 0 Å². The van der Waals surface area contributed by atoms with Crippen LogP contribution in [0.5, 0.6) is 0 Å². The Balaban J connectivity index is 2.32. The number of nitro groups is 2. The lowest BCUT2D eigenvalue weighted by molar-refractivity contribution is -0.919. The standard InChI is InChI=1S/C12H20N4O6/c17-13(11(15(19)20)7-3-1-4-8-11)14(18)12(16(21)22)9-5-2-6-10-12/h1-10H2. The molecule has 0 unspecified atom stereocenters. The minimum Gasteiger partial charge on any atom is -0.698 e. The fourth-order valence-corrected chi connectivity index (χ4v) is 3.46. The quantitative estimate of drug-likeness (QED) is 0.329. The second kappa shape index (κ2) is 6.11. The van der Waals surface area contributed by atoms with Crippen molar-refractivity contribution in [1.29, 1.82) is 0 Å². The van der Waals surface area contributed by atoms with Gasteiger partial charge in [-0.25, -0.2) is 0 Å². The molecule has 2 rings (SSSR count). The van der Waals surface area contributed by atoms with E-state index >= 15 is 0 Å². The molecule has 0 bridgehead atoms. The van der Waals surface area contributed by atoms with E-state index in [2.05, 4.69) is 0 Å². The Morgan fingerprint density at radius 2 is 1.18 bits per heavy atom. The zero-order valence-corrected chi connectivity index (χ0v) is 12.3. The maximum absolute atomic E-state index is 12.5. The highest BCUT2D eigenvalue weighted by Gasteiger charge is 2.65. The maximum atomic E-state index is 12.5. The van der Waals surface area contributed by atoms with Gasteiger partial charge in [-0.05, 0) is 25.7 Å². The molecule has 0 heterocycles. The van der Waals surface area contributed by atoms with Crippen LogP contribution in [-0.4, -0.2) is 31.2 Å². The maximum Gasteiger partial charge on any atom is 0.477 e. The lowest BCUT2D eigenvalue weighted by Gasteiger charge is -2.38. The van der Waals surface area contributed by atoms with Crippen LogP contribution in [0.2, 0.25) is 0 Å². The molecule has 124 valence electrons. The average molecular weight is 316 g/mol. The van der Waals surface area contributed by atoms with Gasteiger partial charge in [0.05, 0.1) is 22.7 Å². The van der Waals surface area contributed by atoms with Gasteiger partial charge in [0.2, 0.25) is 0 Å². The Bertz CT molecular complexity index is 470. The summed E-state index contributed by atoms with van der Waals surface area (Å²) in [7, 11) is 0. The van der Waals surface area contributed by atoms with E-state index in [0.717, 1.165) is 12.8 Å². The van der Waals surface area contributed by atoms with Crippen molar-refractivity contribution in [3.05, 3.63) is 30.3 Å². The number of hydrazine groups is 1. The monoisotopic (exact) mass is 316 g/mol. The van der Waals surface area contributed by atoms with Gasteiger partial charge in [-0.3, -0.25) is 20.2 Å². The molecule has 0 amide bonds. The Kier molecular flexibility index (Phi) is 4.59. The molecule has 2 aliphatic rings. The van der Waals surface area contributed by atoms with Crippen molar-refractivity contribution in [3.8, 4) is 0 Å². The topological polar surface area (TPSA) is 133 Å². The van der Waals surface area contributed by atoms with Gasteiger partial charge in [-0.1, -0.05) is 12.8 Å². The average Bonchev–Trinajstić information content (AvgIpc) is 2.54. The molecular weight excluding hydrogens is 296 g/mol. The summed E-state index contributed by atoms with van der Waals surface area (Å²) in [5, 5.41) is 35.0. The fourth-order valence-electron chi connectivity index (χ4n) is 3.46. The van der Waals surface area contributed by atoms with Crippen LogP contribution in [0.25, 0.3) is 0 Å². The molecule has 0 aromatic rings. The third-order valence-electron chi connectivity index (χ3n) is 4.87. The molecule has 0 aromatic carbocycles. The molecule has 0 radical (unpaired) electrons.